The molecule has 0 aromatic rings. The highest BCUT2D eigenvalue weighted by Gasteiger charge is 2.14. The van der Waals surface area contributed by atoms with Gasteiger partial charge in [0.2, 0.25) is 0 Å². The summed E-state index contributed by atoms with van der Waals surface area (Å²) in [6.07, 6.45) is 0. The fraction of sp³-hybridized carbons (Fsp3) is 1.00. The van der Waals surface area contributed by atoms with Crippen molar-refractivity contribution in [1.82, 2.24) is 5.23 Å². The molecule has 6 heteroatoms. The molecule has 0 fully saturated rings. The highest BCUT2D eigenvalue weighted by molar-refractivity contribution is 4.66. The van der Waals surface area contributed by atoms with E-state index in [9.17, 15) is 10.1 Å². The van der Waals surface area contributed by atoms with Crippen LogP contribution >= 0.6 is 0 Å². The third kappa shape index (κ3) is 2.96. The van der Waals surface area contributed by atoms with Gasteiger partial charge in [0.05, 0.1) is 5.66 Å². The molecule has 9 heavy (non-hydrogen) atoms. The molecule has 0 atom stereocenters. The quantitative estimate of drug-likeness (QED) is 0.335. The molecule has 0 aromatic heterocycles. The average molecular weight is 134 g/mol. The molecular formula is C3H8N3O3-. The van der Waals surface area contributed by atoms with E-state index in [0.717, 1.165) is 0 Å². The Balaban J connectivity index is 3.72. The van der Waals surface area contributed by atoms with Crippen LogP contribution in [0, 0.1) is 10.1 Å². The van der Waals surface area contributed by atoms with Crippen molar-refractivity contribution in [3.05, 3.63) is 10.1 Å². The van der Waals surface area contributed by atoms with Crippen LogP contribution in [0.15, 0.2) is 5.34 Å². The van der Waals surface area contributed by atoms with Crippen molar-refractivity contribution in [3.8, 4) is 0 Å². The van der Waals surface area contributed by atoms with E-state index in [0.29, 0.717) is 0 Å². The van der Waals surface area contributed by atoms with Gasteiger partial charge >= 0.3 is 0 Å². The van der Waals surface area contributed by atoms with E-state index in [1.165, 1.54) is 13.8 Å². The molecule has 2 N–H and O–H groups in total. The number of hydrogen-bond donors (Lipinski definition) is 1. The van der Waals surface area contributed by atoms with Gasteiger partial charge in [0.1, 0.15) is 0 Å². The van der Waals surface area contributed by atoms with Crippen LogP contribution in [0.5, 0.6) is 0 Å². The van der Waals surface area contributed by atoms with Crippen molar-refractivity contribution >= 4 is 0 Å². The maximum atomic E-state index is 10.3. The fourth-order valence-electron chi connectivity index (χ4n) is 0.135. The molecule has 6 nitrogen and oxygen atoms in total. The van der Waals surface area contributed by atoms with E-state index in [-0.39, 0.29) is 5.23 Å². The van der Waals surface area contributed by atoms with Gasteiger partial charge in [-0.2, -0.15) is 5.23 Å². The lowest BCUT2D eigenvalue weighted by Gasteiger charge is -2.34. The smallest absolute Gasteiger partial charge is 0.175 e. The summed E-state index contributed by atoms with van der Waals surface area (Å²) in [5, 5.41) is 12.1. The van der Waals surface area contributed by atoms with Crippen LogP contribution < -0.4 is 5.73 Å². The molecule has 0 aliphatic rings. The highest BCUT2D eigenvalue weighted by Crippen LogP contribution is 2.04. The zero-order valence-electron chi connectivity index (χ0n) is 5.20. The van der Waals surface area contributed by atoms with Gasteiger partial charge in [-0.15, -0.1) is 4.91 Å². The van der Waals surface area contributed by atoms with Crippen molar-refractivity contribution in [2.45, 2.75) is 19.5 Å². The Morgan fingerprint density at radius 1 is 1.78 bits per heavy atom. The van der Waals surface area contributed by atoms with Crippen LogP contribution in [0.4, 0.5) is 0 Å². The summed E-state index contributed by atoms with van der Waals surface area (Å²) in [7, 11) is 0. The Hall–Kier alpha value is -0.720. The summed E-state index contributed by atoms with van der Waals surface area (Å²) < 4.78 is 0. The first-order valence-electron chi connectivity index (χ1n) is 2.24. The van der Waals surface area contributed by atoms with Crippen molar-refractivity contribution < 1.29 is 4.94 Å². The van der Waals surface area contributed by atoms with Crippen LogP contribution in [0.3, 0.4) is 0 Å². The Labute approximate surface area is 52.0 Å². The average Bonchev–Trinajstić information content (AvgIpc) is 1.64. The third-order valence-corrected chi connectivity index (χ3v) is 0.578. The molecule has 0 saturated heterocycles. The van der Waals surface area contributed by atoms with E-state index < -0.39 is 5.66 Å². The molecule has 0 heterocycles. The SMILES string of the molecule is CC(C)(N)N([O-])ON=O. The summed E-state index contributed by atoms with van der Waals surface area (Å²) in [5.41, 5.74) is 3.93. The fourth-order valence-corrected chi connectivity index (χ4v) is 0.135. The van der Waals surface area contributed by atoms with Crippen LogP contribution in [-0.2, 0) is 4.94 Å². The summed E-state index contributed by atoms with van der Waals surface area (Å²) in [4.78, 5) is 12.9. The summed E-state index contributed by atoms with van der Waals surface area (Å²) in [6, 6.07) is 0. The zero-order valence-corrected chi connectivity index (χ0v) is 5.20. The number of hydrogen-bond acceptors (Lipinski definition) is 6. The molecule has 0 radical (unpaired) electrons. The zero-order chi connectivity index (χ0) is 7.49. The van der Waals surface area contributed by atoms with Gasteiger partial charge in [0, 0.05) is 0 Å². The molecule has 0 aliphatic heterocycles. The van der Waals surface area contributed by atoms with E-state index in [4.69, 9.17) is 5.73 Å². The highest BCUT2D eigenvalue weighted by atomic mass is 17.0. The predicted octanol–water partition coefficient (Wildman–Crippen LogP) is 0.0940. The first kappa shape index (κ1) is 8.28. The lowest BCUT2D eigenvalue weighted by Crippen LogP contribution is -2.46. The molecule has 0 spiro atoms. The normalized spacial score (nSPS) is 11.7. The van der Waals surface area contributed by atoms with Crippen LogP contribution in [0.2, 0.25) is 0 Å². The monoisotopic (exact) mass is 134 g/mol. The molecule has 0 amide bonds. The maximum Gasteiger partial charge on any atom is 0.175 e. The minimum Gasteiger partial charge on any atom is -0.749 e. The topological polar surface area (TPSA) is 91.0 Å². The Bertz CT molecular complexity index is 99.0. The minimum absolute atomic E-state index is 0.0833. The second kappa shape index (κ2) is 2.72. The number of rotatable bonds is 3. The van der Waals surface area contributed by atoms with Crippen molar-refractivity contribution in [2.75, 3.05) is 0 Å². The molecule has 0 saturated carbocycles. The van der Waals surface area contributed by atoms with Gasteiger partial charge in [-0.3, -0.25) is 4.94 Å². The molecule has 0 aromatic carbocycles. The van der Waals surface area contributed by atoms with Gasteiger partial charge in [0.25, 0.3) is 0 Å². The number of nitrogens with zero attached hydrogens (tertiary/aromatic N) is 2. The first-order valence-corrected chi connectivity index (χ1v) is 2.24. The van der Waals surface area contributed by atoms with Crippen LogP contribution in [-0.4, -0.2) is 10.9 Å². The van der Waals surface area contributed by atoms with Gasteiger partial charge in [-0.25, -0.2) is 0 Å². The predicted molar refractivity (Wildman–Crippen MR) is 30.4 cm³/mol. The second-order valence-electron chi connectivity index (χ2n) is 2.07. The lowest BCUT2D eigenvalue weighted by molar-refractivity contribution is -0.178. The lowest BCUT2D eigenvalue weighted by atomic mass is 10.3. The molecule has 54 valence electrons. The summed E-state index contributed by atoms with van der Waals surface area (Å²) >= 11 is 0. The molecule has 0 rings (SSSR count). The number of nitrogens with two attached hydrogens (primary N) is 1. The molecule has 0 unspecified atom stereocenters. The van der Waals surface area contributed by atoms with Gasteiger partial charge in [0.15, 0.2) is 5.34 Å². The first-order chi connectivity index (χ1) is 3.98. The second-order valence-corrected chi connectivity index (χ2v) is 2.07. The van der Waals surface area contributed by atoms with Crippen molar-refractivity contribution in [3.63, 3.8) is 0 Å². The van der Waals surface area contributed by atoms with E-state index >= 15 is 0 Å². The van der Waals surface area contributed by atoms with Crippen LogP contribution in [0.25, 0.3) is 0 Å². The summed E-state index contributed by atoms with van der Waals surface area (Å²) in [6.45, 7) is 2.76. The van der Waals surface area contributed by atoms with Crippen LogP contribution in [0.1, 0.15) is 13.8 Å². The molecular weight excluding hydrogens is 126 g/mol. The largest absolute Gasteiger partial charge is 0.749 e. The van der Waals surface area contributed by atoms with Gasteiger partial charge < -0.3 is 10.9 Å². The summed E-state index contributed by atoms with van der Waals surface area (Å²) in [5.74, 6) is 0. The van der Waals surface area contributed by atoms with Crippen molar-refractivity contribution in [2.24, 2.45) is 11.1 Å². The Morgan fingerprint density at radius 2 is 2.22 bits per heavy atom. The third-order valence-electron chi connectivity index (χ3n) is 0.578. The maximum absolute atomic E-state index is 10.3. The number of hydroxylamine groups is 2. The standard InChI is InChI=1S/C3H8N3O3/c1-3(2,4)6(8)9-5-7/h4H2,1-2H3/q-1. The van der Waals surface area contributed by atoms with Gasteiger partial charge in [-0.1, -0.05) is 0 Å². The molecule has 0 bridgehead atoms. The van der Waals surface area contributed by atoms with E-state index in [1.807, 2.05) is 5.34 Å². The Kier molecular flexibility index (Phi) is 2.50. The minimum atomic E-state index is -1.23. The van der Waals surface area contributed by atoms with E-state index in [2.05, 4.69) is 4.94 Å². The Morgan fingerprint density at radius 3 is 2.33 bits per heavy atom. The van der Waals surface area contributed by atoms with Crippen molar-refractivity contribution in [1.29, 1.82) is 0 Å². The van der Waals surface area contributed by atoms with E-state index in [1.54, 1.807) is 0 Å². The van der Waals surface area contributed by atoms with Gasteiger partial charge in [-0.05, 0) is 13.8 Å². The molecule has 0 aliphatic carbocycles.